The fourth-order valence-corrected chi connectivity index (χ4v) is 1.96. The van der Waals surface area contributed by atoms with Crippen LogP contribution in [0, 0.1) is 0 Å². The van der Waals surface area contributed by atoms with Gasteiger partial charge >= 0.3 is 0 Å². The molecular weight excluding hydrogens is 263 g/mol. The van der Waals surface area contributed by atoms with Gasteiger partial charge in [0.05, 0.1) is 0 Å². The Hall–Kier alpha value is -1.46. The Morgan fingerprint density at radius 3 is 2.65 bits per heavy atom. The van der Waals surface area contributed by atoms with Gasteiger partial charge in [-0.2, -0.15) is 0 Å². The van der Waals surface area contributed by atoms with E-state index in [1.165, 1.54) is 11.3 Å². The molecule has 0 saturated carbocycles. The SMILES string of the molecule is O=C(Nc1ccc(-c2nccs2)cc1)C(F)Cl. The molecule has 3 nitrogen and oxygen atoms in total. The fraction of sp³-hybridized carbons (Fsp3) is 0.0909. The first kappa shape index (κ1) is 12.0. The number of carbonyl (C=O) groups is 1. The average Bonchev–Trinajstić information content (AvgIpc) is 2.83. The number of thiazole rings is 1. The van der Waals surface area contributed by atoms with Gasteiger partial charge in [-0.25, -0.2) is 9.37 Å². The van der Waals surface area contributed by atoms with Crippen molar-refractivity contribution >= 4 is 34.5 Å². The number of anilines is 1. The minimum atomic E-state index is -2.03. The number of carbonyl (C=O) groups excluding carboxylic acids is 1. The van der Waals surface area contributed by atoms with Gasteiger partial charge in [0.15, 0.2) is 0 Å². The van der Waals surface area contributed by atoms with Crippen molar-refractivity contribution in [2.75, 3.05) is 5.32 Å². The molecule has 0 aliphatic heterocycles. The lowest BCUT2D eigenvalue weighted by Gasteiger charge is -2.05. The number of nitrogens with zero attached hydrogens (tertiary/aromatic N) is 1. The number of alkyl halides is 2. The van der Waals surface area contributed by atoms with Crippen LogP contribution in [0.2, 0.25) is 0 Å². The zero-order valence-corrected chi connectivity index (χ0v) is 10.1. The minimum absolute atomic E-state index is 0.499. The zero-order chi connectivity index (χ0) is 12.3. The molecule has 0 saturated heterocycles. The van der Waals surface area contributed by atoms with Crippen LogP contribution >= 0.6 is 22.9 Å². The number of halogens is 2. The van der Waals surface area contributed by atoms with Gasteiger partial charge in [0.2, 0.25) is 0 Å². The molecule has 1 amide bonds. The summed E-state index contributed by atoms with van der Waals surface area (Å²) in [5.41, 5.74) is -0.590. The lowest BCUT2D eigenvalue weighted by molar-refractivity contribution is -0.118. The molecule has 0 fully saturated rings. The highest BCUT2D eigenvalue weighted by Gasteiger charge is 2.12. The number of nitrogens with one attached hydrogen (secondary N) is 1. The first-order valence-corrected chi connectivity index (χ1v) is 6.07. The number of hydrogen-bond donors (Lipinski definition) is 1. The normalized spacial score (nSPS) is 12.1. The Kier molecular flexibility index (Phi) is 3.71. The monoisotopic (exact) mass is 270 g/mol. The highest BCUT2D eigenvalue weighted by atomic mass is 35.5. The Morgan fingerprint density at radius 2 is 2.12 bits per heavy atom. The molecular formula is C11H8ClFN2OS. The van der Waals surface area contributed by atoms with Crippen molar-refractivity contribution in [1.29, 1.82) is 0 Å². The number of hydrogen-bond acceptors (Lipinski definition) is 3. The maximum atomic E-state index is 12.4. The zero-order valence-electron chi connectivity index (χ0n) is 8.56. The lowest BCUT2D eigenvalue weighted by atomic mass is 10.2. The van der Waals surface area contributed by atoms with Crippen LogP contribution in [-0.4, -0.2) is 16.5 Å². The van der Waals surface area contributed by atoms with E-state index < -0.39 is 11.5 Å². The molecule has 1 N–H and O–H groups in total. The molecule has 0 spiro atoms. The first-order valence-electron chi connectivity index (χ1n) is 4.76. The maximum absolute atomic E-state index is 12.4. The fourth-order valence-electron chi connectivity index (χ4n) is 1.26. The van der Waals surface area contributed by atoms with Crippen molar-refractivity contribution in [3.05, 3.63) is 35.8 Å². The molecule has 1 heterocycles. The van der Waals surface area contributed by atoms with Crippen molar-refractivity contribution in [3.63, 3.8) is 0 Å². The summed E-state index contributed by atoms with van der Waals surface area (Å²) in [5.74, 6) is -0.867. The Balaban J connectivity index is 2.11. The smallest absolute Gasteiger partial charge is 0.274 e. The molecule has 1 unspecified atom stereocenters. The van der Waals surface area contributed by atoms with Gasteiger partial charge in [-0.3, -0.25) is 4.79 Å². The van der Waals surface area contributed by atoms with E-state index in [9.17, 15) is 9.18 Å². The molecule has 88 valence electrons. The van der Waals surface area contributed by atoms with Crippen LogP contribution in [-0.2, 0) is 4.79 Å². The number of benzene rings is 1. The first-order chi connectivity index (χ1) is 8.16. The molecule has 1 atom stereocenters. The molecule has 1 aromatic heterocycles. The second-order valence-electron chi connectivity index (χ2n) is 3.20. The molecule has 0 radical (unpaired) electrons. The molecule has 2 aromatic rings. The van der Waals surface area contributed by atoms with Crippen LogP contribution in [0.5, 0.6) is 0 Å². The molecule has 0 aliphatic rings. The topological polar surface area (TPSA) is 42.0 Å². The third-order valence-electron chi connectivity index (χ3n) is 2.03. The van der Waals surface area contributed by atoms with Crippen LogP contribution in [0.15, 0.2) is 35.8 Å². The number of aromatic nitrogens is 1. The van der Waals surface area contributed by atoms with E-state index in [0.29, 0.717) is 5.69 Å². The van der Waals surface area contributed by atoms with E-state index in [0.717, 1.165) is 10.6 Å². The predicted molar refractivity (Wildman–Crippen MR) is 66.9 cm³/mol. The summed E-state index contributed by atoms with van der Waals surface area (Å²) in [6.45, 7) is 0. The molecule has 1 aromatic carbocycles. The van der Waals surface area contributed by atoms with Gasteiger partial charge < -0.3 is 5.32 Å². The standard InChI is InChI=1S/C11H8ClFN2OS/c12-9(13)10(16)15-8-3-1-7(2-4-8)11-14-5-6-17-11/h1-6,9H,(H,15,16). The summed E-state index contributed by atoms with van der Waals surface area (Å²) in [6.07, 6.45) is 1.72. The van der Waals surface area contributed by atoms with E-state index in [4.69, 9.17) is 11.6 Å². The quantitative estimate of drug-likeness (QED) is 0.870. The van der Waals surface area contributed by atoms with Crippen molar-refractivity contribution in [2.45, 2.75) is 5.63 Å². The van der Waals surface area contributed by atoms with E-state index in [-0.39, 0.29) is 0 Å². The van der Waals surface area contributed by atoms with Crippen LogP contribution in [0.1, 0.15) is 0 Å². The van der Waals surface area contributed by atoms with E-state index >= 15 is 0 Å². The maximum Gasteiger partial charge on any atom is 0.274 e. The predicted octanol–water partition coefficient (Wildman–Crippen LogP) is 3.28. The molecule has 2 rings (SSSR count). The van der Waals surface area contributed by atoms with E-state index in [1.54, 1.807) is 30.5 Å². The summed E-state index contributed by atoms with van der Waals surface area (Å²) in [7, 11) is 0. The van der Waals surface area contributed by atoms with Crippen molar-refractivity contribution in [2.24, 2.45) is 0 Å². The van der Waals surface area contributed by atoms with Crippen LogP contribution in [0.25, 0.3) is 10.6 Å². The van der Waals surface area contributed by atoms with Crippen molar-refractivity contribution in [3.8, 4) is 10.6 Å². The van der Waals surface area contributed by atoms with Gasteiger partial charge in [0.1, 0.15) is 5.01 Å². The third kappa shape index (κ3) is 3.01. The van der Waals surface area contributed by atoms with E-state index in [1.807, 2.05) is 5.38 Å². The van der Waals surface area contributed by atoms with Crippen LogP contribution in [0.4, 0.5) is 10.1 Å². The van der Waals surface area contributed by atoms with Crippen LogP contribution < -0.4 is 5.32 Å². The third-order valence-corrected chi connectivity index (χ3v) is 3.05. The molecule has 0 bridgehead atoms. The summed E-state index contributed by atoms with van der Waals surface area (Å²) in [5, 5.41) is 5.12. The second-order valence-corrected chi connectivity index (χ2v) is 4.48. The van der Waals surface area contributed by atoms with Gasteiger partial charge in [0.25, 0.3) is 11.5 Å². The van der Waals surface area contributed by atoms with Gasteiger partial charge in [-0.15, -0.1) is 11.3 Å². The summed E-state index contributed by atoms with van der Waals surface area (Å²) < 4.78 is 12.4. The van der Waals surface area contributed by atoms with Gasteiger partial charge in [-0.05, 0) is 24.3 Å². The average molecular weight is 271 g/mol. The lowest BCUT2D eigenvalue weighted by Crippen LogP contribution is -2.19. The van der Waals surface area contributed by atoms with Crippen LogP contribution in [0.3, 0.4) is 0 Å². The molecule has 6 heteroatoms. The summed E-state index contributed by atoms with van der Waals surface area (Å²) >= 11 is 6.52. The summed E-state index contributed by atoms with van der Waals surface area (Å²) in [6, 6.07) is 6.95. The largest absolute Gasteiger partial charge is 0.322 e. The number of rotatable bonds is 3. The minimum Gasteiger partial charge on any atom is -0.322 e. The Bertz CT molecular complexity index is 499. The van der Waals surface area contributed by atoms with Gasteiger partial charge in [-0.1, -0.05) is 11.6 Å². The highest BCUT2D eigenvalue weighted by molar-refractivity contribution is 7.13. The Labute approximate surface area is 106 Å². The number of amides is 1. The Morgan fingerprint density at radius 1 is 1.41 bits per heavy atom. The molecule has 0 aliphatic carbocycles. The highest BCUT2D eigenvalue weighted by Crippen LogP contribution is 2.23. The van der Waals surface area contributed by atoms with E-state index in [2.05, 4.69) is 10.3 Å². The van der Waals surface area contributed by atoms with Gasteiger partial charge in [0, 0.05) is 22.8 Å². The van der Waals surface area contributed by atoms with Crippen molar-refractivity contribution in [1.82, 2.24) is 4.98 Å². The molecule has 17 heavy (non-hydrogen) atoms. The second kappa shape index (κ2) is 5.25. The summed E-state index contributed by atoms with van der Waals surface area (Å²) in [4.78, 5) is 15.2. The van der Waals surface area contributed by atoms with Crippen molar-refractivity contribution < 1.29 is 9.18 Å².